The van der Waals surface area contributed by atoms with Crippen molar-refractivity contribution >= 4 is 11.6 Å². The number of piperazine rings is 1. The maximum Gasteiger partial charge on any atom is 0.270 e. The Morgan fingerprint density at radius 2 is 1.96 bits per heavy atom. The minimum atomic E-state index is -0.178. The third-order valence-corrected chi connectivity index (χ3v) is 4.32. The highest BCUT2D eigenvalue weighted by molar-refractivity contribution is 5.92. The molecule has 0 aliphatic carbocycles. The summed E-state index contributed by atoms with van der Waals surface area (Å²) in [6, 6.07) is 9.40. The van der Waals surface area contributed by atoms with Gasteiger partial charge in [0.2, 0.25) is 0 Å². The largest absolute Gasteiger partial charge is 0.368 e. The molecule has 0 radical (unpaired) electrons. The summed E-state index contributed by atoms with van der Waals surface area (Å²) in [4.78, 5) is 25.4. The second-order valence-electron chi connectivity index (χ2n) is 5.83. The summed E-state index contributed by atoms with van der Waals surface area (Å²) in [5.74, 6) is -0.178. The number of nitrogens with one attached hydrogen (secondary N) is 1. The molecule has 1 amide bonds. The van der Waals surface area contributed by atoms with Crippen molar-refractivity contribution in [2.24, 2.45) is 0 Å². The Morgan fingerprint density at radius 1 is 1.12 bits per heavy atom. The van der Waals surface area contributed by atoms with E-state index in [-0.39, 0.29) is 5.91 Å². The first kappa shape index (κ1) is 16.4. The van der Waals surface area contributed by atoms with Crippen LogP contribution in [-0.4, -0.2) is 53.5 Å². The number of aromatic nitrogens is 2. The average Bonchev–Trinajstić information content (AvgIpc) is 2.67. The molecule has 1 fully saturated rings. The Labute approximate surface area is 142 Å². The van der Waals surface area contributed by atoms with E-state index in [1.165, 1.54) is 0 Å². The summed E-state index contributed by atoms with van der Waals surface area (Å²) in [5.41, 5.74) is 2.34. The number of likely N-dealkylation sites (N-methyl/N-ethyl adjacent to an activating group) is 1. The molecule has 3 rings (SSSR count). The van der Waals surface area contributed by atoms with Crippen molar-refractivity contribution in [3.63, 3.8) is 0 Å². The number of hydrogen-bond acceptors (Lipinski definition) is 5. The van der Waals surface area contributed by atoms with E-state index in [9.17, 15) is 4.79 Å². The van der Waals surface area contributed by atoms with Crippen LogP contribution in [0.25, 0.3) is 0 Å². The summed E-state index contributed by atoms with van der Waals surface area (Å²) in [6.07, 6.45) is 3.50. The minimum Gasteiger partial charge on any atom is -0.368 e. The van der Waals surface area contributed by atoms with Crippen LogP contribution in [0.1, 0.15) is 23.1 Å². The molecular formula is C18H23N5O. The van der Waals surface area contributed by atoms with Crippen LogP contribution in [0.5, 0.6) is 0 Å². The van der Waals surface area contributed by atoms with Crippen molar-refractivity contribution < 1.29 is 4.79 Å². The summed E-state index contributed by atoms with van der Waals surface area (Å²) in [6.45, 7) is 7.84. The zero-order valence-electron chi connectivity index (χ0n) is 14.0. The SMILES string of the molecule is CCN1CCN(c2ccc(C(=O)NCc3ccccn3)nc2)CC1. The number of hydrogen-bond donors (Lipinski definition) is 1. The highest BCUT2D eigenvalue weighted by Gasteiger charge is 2.16. The molecule has 3 heterocycles. The van der Waals surface area contributed by atoms with Gasteiger partial charge in [0.05, 0.1) is 24.1 Å². The minimum absolute atomic E-state index is 0.178. The van der Waals surface area contributed by atoms with E-state index in [2.05, 4.69) is 32.0 Å². The maximum atomic E-state index is 12.2. The number of carbonyl (C=O) groups excluding carboxylic acids is 1. The Bertz CT molecular complexity index is 651. The van der Waals surface area contributed by atoms with Crippen LogP contribution >= 0.6 is 0 Å². The van der Waals surface area contributed by atoms with Gasteiger partial charge in [-0.15, -0.1) is 0 Å². The topological polar surface area (TPSA) is 61.4 Å². The fourth-order valence-corrected chi connectivity index (χ4v) is 2.79. The molecule has 0 atom stereocenters. The molecule has 1 N–H and O–H groups in total. The van der Waals surface area contributed by atoms with Crippen LogP contribution < -0.4 is 10.2 Å². The van der Waals surface area contributed by atoms with Crippen molar-refractivity contribution in [2.75, 3.05) is 37.6 Å². The predicted molar refractivity (Wildman–Crippen MR) is 94.0 cm³/mol. The van der Waals surface area contributed by atoms with Crippen molar-refractivity contribution in [1.82, 2.24) is 20.2 Å². The van der Waals surface area contributed by atoms with Gasteiger partial charge in [-0.25, -0.2) is 4.98 Å². The lowest BCUT2D eigenvalue weighted by Gasteiger charge is -2.35. The second-order valence-corrected chi connectivity index (χ2v) is 5.83. The number of rotatable bonds is 5. The smallest absolute Gasteiger partial charge is 0.270 e. The fourth-order valence-electron chi connectivity index (χ4n) is 2.79. The van der Waals surface area contributed by atoms with E-state index >= 15 is 0 Å². The molecule has 0 spiro atoms. The standard InChI is InChI=1S/C18H23N5O/c1-2-22-9-11-23(12-10-22)16-6-7-17(20-14-16)18(24)21-13-15-5-3-4-8-19-15/h3-8,14H,2,9-13H2,1H3,(H,21,24). The molecule has 1 saturated heterocycles. The van der Waals surface area contributed by atoms with E-state index < -0.39 is 0 Å². The first-order valence-corrected chi connectivity index (χ1v) is 8.37. The van der Waals surface area contributed by atoms with E-state index in [1.54, 1.807) is 18.5 Å². The van der Waals surface area contributed by atoms with Gasteiger partial charge in [-0.2, -0.15) is 0 Å². The zero-order chi connectivity index (χ0) is 16.8. The predicted octanol–water partition coefficient (Wildman–Crippen LogP) is 1.55. The van der Waals surface area contributed by atoms with Crippen molar-refractivity contribution in [3.8, 4) is 0 Å². The van der Waals surface area contributed by atoms with Crippen LogP contribution in [0.2, 0.25) is 0 Å². The number of amides is 1. The van der Waals surface area contributed by atoms with Crippen molar-refractivity contribution in [1.29, 1.82) is 0 Å². The Hall–Kier alpha value is -2.47. The molecule has 0 unspecified atom stereocenters. The highest BCUT2D eigenvalue weighted by atomic mass is 16.1. The molecule has 6 heteroatoms. The maximum absolute atomic E-state index is 12.2. The van der Waals surface area contributed by atoms with E-state index in [0.717, 1.165) is 44.1 Å². The molecule has 0 saturated carbocycles. The third kappa shape index (κ3) is 4.08. The zero-order valence-corrected chi connectivity index (χ0v) is 14.0. The van der Waals surface area contributed by atoms with Crippen LogP contribution in [0.15, 0.2) is 42.7 Å². The van der Waals surface area contributed by atoms with Crippen molar-refractivity contribution in [2.45, 2.75) is 13.5 Å². The Morgan fingerprint density at radius 3 is 2.58 bits per heavy atom. The number of pyridine rings is 2. The normalized spacial score (nSPS) is 15.3. The highest BCUT2D eigenvalue weighted by Crippen LogP contribution is 2.15. The molecule has 1 aliphatic rings. The average molecular weight is 325 g/mol. The van der Waals surface area contributed by atoms with Crippen LogP contribution in [0.3, 0.4) is 0 Å². The molecular weight excluding hydrogens is 302 g/mol. The van der Waals surface area contributed by atoms with Crippen molar-refractivity contribution in [3.05, 3.63) is 54.1 Å². The van der Waals surface area contributed by atoms with Gasteiger partial charge in [0.1, 0.15) is 5.69 Å². The molecule has 0 bridgehead atoms. The van der Waals surface area contributed by atoms with Crippen LogP contribution in [-0.2, 0) is 6.54 Å². The third-order valence-electron chi connectivity index (χ3n) is 4.32. The summed E-state index contributed by atoms with van der Waals surface area (Å²) in [5, 5.41) is 2.84. The van der Waals surface area contributed by atoms with Crippen LogP contribution in [0.4, 0.5) is 5.69 Å². The molecule has 24 heavy (non-hydrogen) atoms. The lowest BCUT2D eigenvalue weighted by molar-refractivity contribution is 0.0945. The van der Waals surface area contributed by atoms with Gasteiger partial charge in [0.15, 0.2) is 0 Å². The van der Waals surface area contributed by atoms with Gasteiger partial charge < -0.3 is 15.1 Å². The second kappa shape index (κ2) is 7.88. The van der Waals surface area contributed by atoms with E-state index in [0.29, 0.717) is 12.2 Å². The Balaban J connectivity index is 1.55. The molecule has 126 valence electrons. The quantitative estimate of drug-likeness (QED) is 0.904. The van der Waals surface area contributed by atoms with E-state index in [4.69, 9.17) is 0 Å². The van der Waals surface area contributed by atoms with E-state index in [1.807, 2.05) is 24.3 Å². The summed E-state index contributed by atoms with van der Waals surface area (Å²) < 4.78 is 0. The summed E-state index contributed by atoms with van der Waals surface area (Å²) in [7, 11) is 0. The number of anilines is 1. The van der Waals surface area contributed by atoms with Gasteiger partial charge >= 0.3 is 0 Å². The van der Waals surface area contributed by atoms with Crippen LogP contribution in [0, 0.1) is 0 Å². The van der Waals surface area contributed by atoms with Gasteiger partial charge in [-0.05, 0) is 30.8 Å². The molecule has 1 aliphatic heterocycles. The lowest BCUT2D eigenvalue weighted by Crippen LogP contribution is -2.46. The first-order chi connectivity index (χ1) is 11.8. The first-order valence-electron chi connectivity index (χ1n) is 8.37. The molecule has 0 aromatic carbocycles. The molecule has 2 aromatic heterocycles. The number of carbonyl (C=O) groups is 1. The Kier molecular flexibility index (Phi) is 5.38. The lowest BCUT2D eigenvalue weighted by atomic mass is 10.2. The molecule has 2 aromatic rings. The van der Waals surface area contributed by atoms with Gasteiger partial charge in [-0.1, -0.05) is 13.0 Å². The van der Waals surface area contributed by atoms with Gasteiger partial charge in [-0.3, -0.25) is 9.78 Å². The van der Waals surface area contributed by atoms with Gasteiger partial charge in [0.25, 0.3) is 5.91 Å². The number of nitrogens with zero attached hydrogens (tertiary/aromatic N) is 4. The fraction of sp³-hybridized carbons (Fsp3) is 0.389. The monoisotopic (exact) mass is 325 g/mol. The summed E-state index contributed by atoms with van der Waals surface area (Å²) >= 11 is 0. The van der Waals surface area contributed by atoms with Gasteiger partial charge in [0, 0.05) is 32.4 Å². The molecule has 6 nitrogen and oxygen atoms in total.